The van der Waals surface area contributed by atoms with Crippen LogP contribution in [0.5, 0.6) is 5.75 Å². The third-order valence-electron chi connectivity index (χ3n) is 11.0. The maximum Gasteiger partial charge on any atom is 0.678 e. The van der Waals surface area contributed by atoms with Crippen molar-refractivity contribution in [3.05, 3.63) is 104 Å². The van der Waals surface area contributed by atoms with E-state index in [4.69, 9.17) is 9.73 Å². The molecule has 0 saturated heterocycles. The lowest BCUT2D eigenvalue weighted by Gasteiger charge is -2.49. The summed E-state index contributed by atoms with van der Waals surface area (Å²) in [7, 11) is -2.84. The predicted molar refractivity (Wildman–Crippen MR) is 214 cm³/mol. The normalized spacial score (nSPS) is 17.8. The van der Waals surface area contributed by atoms with E-state index in [0.29, 0.717) is 46.0 Å². The Hall–Kier alpha value is -5.15. The monoisotopic (exact) mass is 711 g/mol. The Balaban J connectivity index is 1.54. The molecule has 3 aliphatic rings. The summed E-state index contributed by atoms with van der Waals surface area (Å²) in [6.45, 7) is 19.7. The lowest BCUT2D eigenvalue weighted by molar-refractivity contribution is 0.293. The van der Waals surface area contributed by atoms with Crippen molar-refractivity contribution >= 4 is 42.6 Å². The van der Waals surface area contributed by atoms with Crippen molar-refractivity contribution in [2.45, 2.75) is 91.9 Å². The molecule has 0 unspecified atom stereocenters. The molecular weight excluding hydrogens is 663 g/mol. The van der Waals surface area contributed by atoms with Gasteiger partial charge in [0.05, 0.1) is 12.3 Å². The average Bonchev–Trinajstić information content (AvgIpc) is 3.63. The van der Waals surface area contributed by atoms with E-state index in [1.165, 1.54) is 22.9 Å². The molecule has 0 radical (unpaired) electrons. The summed E-state index contributed by atoms with van der Waals surface area (Å²) >= 11 is 0. The summed E-state index contributed by atoms with van der Waals surface area (Å²) in [4.78, 5) is 7.34. The van der Waals surface area contributed by atoms with Gasteiger partial charge in [0.2, 0.25) is 0 Å². The van der Waals surface area contributed by atoms with Crippen molar-refractivity contribution in [2.24, 2.45) is 4.99 Å². The number of unbranched alkanes of at least 4 members (excludes halogenated alkanes) is 1. The van der Waals surface area contributed by atoms with Crippen LogP contribution in [0.4, 0.5) is 14.3 Å². The molecule has 6 nitrogen and oxygen atoms in total. The van der Waals surface area contributed by atoms with E-state index in [9.17, 15) is 10.5 Å². The first-order chi connectivity index (χ1) is 25.2. The number of aliphatic imine (C=N–C) groups is 1. The van der Waals surface area contributed by atoms with E-state index < -0.39 is 7.40 Å². The molecule has 1 aromatic heterocycles. The minimum Gasteiger partial charge on any atom is -0.493 e. The van der Waals surface area contributed by atoms with Gasteiger partial charge in [-0.2, -0.15) is 10.5 Å². The van der Waals surface area contributed by atoms with Crippen LogP contribution in [0, 0.1) is 29.6 Å². The molecule has 272 valence electrons. The van der Waals surface area contributed by atoms with E-state index in [1.807, 2.05) is 63.3 Å². The number of benzene rings is 2. The molecule has 6 rings (SSSR count). The van der Waals surface area contributed by atoms with Gasteiger partial charge < -0.3 is 14.1 Å². The smallest absolute Gasteiger partial charge is 0.493 e. The number of anilines is 1. The second kappa shape index (κ2) is 14.7. The fourth-order valence-electron chi connectivity index (χ4n) is 8.00. The Bertz CT molecular complexity index is 2170. The molecule has 3 aromatic rings. The van der Waals surface area contributed by atoms with Gasteiger partial charge in [0.25, 0.3) is 0 Å². The largest absolute Gasteiger partial charge is 0.678 e. The quantitative estimate of drug-likeness (QED) is 0.119. The molecule has 53 heavy (non-hydrogen) atoms. The van der Waals surface area contributed by atoms with Crippen LogP contribution in [0.1, 0.15) is 119 Å². The van der Waals surface area contributed by atoms with Crippen LogP contribution in [0.25, 0.3) is 23.8 Å². The second-order valence-corrected chi connectivity index (χ2v) is 15.8. The minimum atomic E-state index is -2.84. The van der Waals surface area contributed by atoms with Crippen LogP contribution in [0.15, 0.2) is 64.3 Å². The van der Waals surface area contributed by atoms with Crippen molar-refractivity contribution in [1.29, 1.82) is 10.5 Å². The number of aryl methyl sites for hydroxylation is 1. The lowest BCUT2D eigenvalue weighted by Crippen LogP contribution is -2.45. The van der Waals surface area contributed by atoms with Crippen molar-refractivity contribution in [2.75, 3.05) is 24.6 Å². The number of halogens is 2. The molecule has 0 atom stereocenters. The Morgan fingerprint density at radius 1 is 0.981 bits per heavy atom. The van der Waals surface area contributed by atoms with E-state index in [-0.39, 0.29) is 16.4 Å². The fourth-order valence-corrected chi connectivity index (χ4v) is 8.00. The summed E-state index contributed by atoms with van der Waals surface area (Å²) in [5.74, 6) is 0.859. The first-order valence-corrected chi connectivity index (χ1v) is 18.6. The van der Waals surface area contributed by atoms with Crippen LogP contribution in [-0.2, 0) is 10.8 Å². The van der Waals surface area contributed by atoms with Crippen molar-refractivity contribution in [1.82, 2.24) is 4.48 Å². The SMILES string of the molecule is CCCCOc1c(/C=C/c2cc(C)c(/C(=C3\N=C(C)C=C3C)c3ccc(C=C(C#N)C#N)cc3)n2B(F)F)cc2c3c1C(C)(C)CCN3CCC2(C)C. The number of nitriles is 2. The summed E-state index contributed by atoms with van der Waals surface area (Å²) in [5.41, 5.74) is 10.3. The van der Waals surface area contributed by atoms with Crippen LogP contribution >= 0.6 is 0 Å². The van der Waals surface area contributed by atoms with Gasteiger partial charge in [0.1, 0.15) is 23.5 Å². The van der Waals surface area contributed by atoms with Gasteiger partial charge in [-0.05, 0) is 115 Å². The molecule has 0 fully saturated rings. The number of hydrogen-bond acceptors (Lipinski definition) is 5. The maximum absolute atomic E-state index is 15.5. The highest BCUT2D eigenvalue weighted by Crippen LogP contribution is 2.54. The Morgan fingerprint density at radius 2 is 1.66 bits per heavy atom. The second-order valence-electron chi connectivity index (χ2n) is 15.8. The molecule has 0 N–H and O–H groups in total. The van der Waals surface area contributed by atoms with Gasteiger partial charge in [-0.3, -0.25) is 13.6 Å². The van der Waals surface area contributed by atoms with Crippen LogP contribution in [0.2, 0.25) is 0 Å². The minimum absolute atomic E-state index is 0.0171. The van der Waals surface area contributed by atoms with Crippen molar-refractivity contribution < 1.29 is 13.4 Å². The topological polar surface area (TPSA) is 77.3 Å². The highest BCUT2D eigenvalue weighted by molar-refractivity contribution is 6.42. The Labute approximate surface area is 313 Å². The Kier molecular flexibility index (Phi) is 10.4. The zero-order valence-corrected chi connectivity index (χ0v) is 32.2. The number of hydrogen-bond donors (Lipinski definition) is 0. The summed E-state index contributed by atoms with van der Waals surface area (Å²) in [6.07, 6.45) is 11.2. The molecule has 0 aliphatic carbocycles. The molecule has 3 aliphatic heterocycles. The molecule has 2 aromatic carbocycles. The molecule has 0 amide bonds. The van der Waals surface area contributed by atoms with Crippen molar-refractivity contribution in [3.8, 4) is 17.9 Å². The van der Waals surface area contributed by atoms with Gasteiger partial charge in [-0.15, -0.1) is 0 Å². The van der Waals surface area contributed by atoms with Crippen LogP contribution in [0.3, 0.4) is 0 Å². The molecule has 0 spiro atoms. The first-order valence-electron chi connectivity index (χ1n) is 18.6. The molecule has 9 heteroatoms. The number of aromatic nitrogens is 1. The summed E-state index contributed by atoms with van der Waals surface area (Å²) < 4.78 is 38.8. The van der Waals surface area contributed by atoms with Crippen molar-refractivity contribution in [3.63, 3.8) is 0 Å². The highest BCUT2D eigenvalue weighted by atomic mass is 19.2. The number of nitrogens with zero attached hydrogens (tertiary/aromatic N) is 5. The zero-order valence-electron chi connectivity index (χ0n) is 32.2. The van der Waals surface area contributed by atoms with E-state index in [0.717, 1.165) is 65.8 Å². The number of allylic oxidation sites excluding steroid dienone is 3. The van der Waals surface area contributed by atoms with Crippen LogP contribution < -0.4 is 9.64 Å². The zero-order chi connectivity index (χ0) is 38.2. The van der Waals surface area contributed by atoms with Gasteiger partial charge in [0, 0.05) is 52.6 Å². The van der Waals surface area contributed by atoms with Gasteiger partial charge in [-0.25, -0.2) is 0 Å². The molecule has 4 heterocycles. The van der Waals surface area contributed by atoms with Gasteiger partial charge >= 0.3 is 7.40 Å². The van der Waals surface area contributed by atoms with Gasteiger partial charge in [0.15, 0.2) is 0 Å². The summed E-state index contributed by atoms with van der Waals surface area (Å²) in [6, 6.07) is 15.1. The molecule has 0 saturated carbocycles. The van der Waals surface area contributed by atoms with Gasteiger partial charge in [-0.1, -0.05) is 65.3 Å². The third kappa shape index (κ3) is 7.15. The average molecular weight is 712 g/mol. The first kappa shape index (κ1) is 37.6. The number of ether oxygens (including phenoxy) is 1. The molecule has 0 bridgehead atoms. The van der Waals surface area contributed by atoms with E-state index in [1.54, 1.807) is 18.2 Å². The van der Waals surface area contributed by atoms with Crippen LogP contribution in [-0.4, -0.2) is 37.3 Å². The van der Waals surface area contributed by atoms with E-state index in [2.05, 4.69) is 45.6 Å². The predicted octanol–water partition coefficient (Wildman–Crippen LogP) is 10.7. The molecular formula is C44H48BF2N5O. The third-order valence-corrected chi connectivity index (χ3v) is 11.0. The number of rotatable bonds is 10. The Morgan fingerprint density at radius 3 is 2.26 bits per heavy atom. The fraction of sp³-hybridized carbons (Fsp3) is 0.386. The van der Waals surface area contributed by atoms with E-state index >= 15 is 8.63 Å². The maximum atomic E-state index is 15.5. The summed E-state index contributed by atoms with van der Waals surface area (Å²) in [5, 5.41) is 18.5. The highest BCUT2D eigenvalue weighted by Gasteiger charge is 2.42. The lowest BCUT2D eigenvalue weighted by atomic mass is 9.68. The standard InChI is InChI=1S/C44H48BF2N5O/c1-9-10-21-53-42-34(25-36-41-38(42)44(7,8)18-20-51(41)19-17-43(36,5)6)15-16-35-23-29(3)40(52(35)45(46)47)37(39-28(2)22-30(4)50-39)33-13-11-31(12-14-33)24-32(26-48)27-49/h11-16,22-25H,9-10,17-21H2,1-8H3/b16-15+,39-37-.